The summed E-state index contributed by atoms with van der Waals surface area (Å²) in [6, 6.07) is 21.5. The van der Waals surface area contributed by atoms with Crippen molar-refractivity contribution in [2.24, 2.45) is 0 Å². The van der Waals surface area contributed by atoms with Crippen molar-refractivity contribution in [3.05, 3.63) is 102 Å². The quantitative estimate of drug-likeness (QED) is 0.186. The maximum Gasteiger partial charge on any atom is 0.195 e. The summed E-state index contributed by atoms with van der Waals surface area (Å²) in [4.78, 5) is 40.3. The summed E-state index contributed by atoms with van der Waals surface area (Å²) in [6.45, 7) is 8.33. The van der Waals surface area contributed by atoms with Crippen LogP contribution in [0.3, 0.4) is 0 Å². The lowest BCUT2D eigenvalue weighted by atomic mass is 9.99. The van der Waals surface area contributed by atoms with E-state index in [2.05, 4.69) is 74.5 Å². The van der Waals surface area contributed by atoms with Crippen molar-refractivity contribution in [1.29, 1.82) is 0 Å². The van der Waals surface area contributed by atoms with Gasteiger partial charge in [0.1, 0.15) is 0 Å². The average molecular weight is 679 g/mol. The molecule has 0 unspecified atom stereocenters. The van der Waals surface area contributed by atoms with Crippen LogP contribution in [0, 0.1) is 27.7 Å². The monoisotopic (exact) mass is 678 g/mol. The van der Waals surface area contributed by atoms with Crippen LogP contribution in [0.1, 0.15) is 20.9 Å². The minimum atomic E-state index is 0.0818. The molecule has 0 radical (unpaired) electrons. The van der Waals surface area contributed by atoms with Gasteiger partial charge in [0.25, 0.3) is 0 Å². The highest BCUT2D eigenvalue weighted by molar-refractivity contribution is 7.30. The smallest absolute Gasteiger partial charge is 0.195 e. The fourth-order valence-corrected chi connectivity index (χ4v) is 13.1. The zero-order valence-electron chi connectivity index (χ0n) is 24.0. The van der Waals surface area contributed by atoms with Gasteiger partial charge in [0.2, 0.25) is 0 Å². The molecule has 0 atom stereocenters. The summed E-state index contributed by atoms with van der Waals surface area (Å²) in [6.07, 6.45) is 0. The second kappa shape index (κ2) is 9.63. The Morgan fingerprint density at radius 3 is 1.09 bits per heavy atom. The van der Waals surface area contributed by atoms with Gasteiger partial charge in [-0.15, -0.1) is 68.0 Å². The third-order valence-electron chi connectivity index (χ3n) is 8.53. The molecule has 9 rings (SSSR count). The molecule has 214 valence electrons. The third-order valence-corrected chi connectivity index (χ3v) is 15.8. The van der Waals surface area contributed by atoms with Crippen LogP contribution >= 0.6 is 68.0 Å². The van der Waals surface area contributed by atoms with Gasteiger partial charge >= 0.3 is 0 Å². The van der Waals surface area contributed by atoms with E-state index >= 15 is 0 Å². The Hall–Kier alpha value is -3.24. The van der Waals surface area contributed by atoms with Gasteiger partial charge in [-0.25, -0.2) is 0 Å². The van der Waals surface area contributed by atoms with E-state index in [1.807, 2.05) is 13.8 Å². The maximum absolute atomic E-state index is 14.0. The van der Waals surface area contributed by atoms with Crippen LogP contribution < -0.4 is 10.9 Å². The van der Waals surface area contributed by atoms with E-state index in [1.165, 1.54) is 39.0 Å². The summed E-state index contributed by atoms with van der Waals surface area (Å²) in [5.74, 6) is 0. The first-order valence-electron chi connectivity index (χ1n) is 14.2. The number of hydrogen-bond acceptors (Lipinski definition) is 8. The normalized spacial score (nSPS) is 12.3. The minimum Gasteiger partial charge on any atom is -0.289 e. The van der Waals surface area contributed by atoms with E-state index in [4.69, 9.17) is 0 Å². The van der Waals surface area contributed by atoms with E-state index in [0.29, 0.717) is 0 Å². The predicted octanol–water partition coefficient (Wildman–Crippen LogP) is 12.2. The van der Waals surface area contributed by atoms with Crippen molar-refractivity contribution in [2.75, 3.05) is 0 Å². The molecule has 0 saturated carbocycles. The number of thiophene rings is 6. The van der Waals surface area contributed by atoms with E-state index in [9.17, 15) is 9.59 Å². The summed E-state index contributed by atoms with van der Waals surface area (Å²) in [5, 5.41) is 5.01. The summed E-state index contributed by atoms with van der Waals surface area (Å²) >= 11 is 10.5. The molecule has 0 N–H and O–H groups in total. The first-order valence-corrected chi connectivity index (χ1v) is 19.1. The van der Waals surface area contributed by atoms with Crippen molar-refractivity contribution in [3.63, 3.8) is 0 Å². The molecule has 0 aliphatic heterocycles. The first kappa shape index (κ1) is 27.1. The van der Waals surface area contributed by atoms with Crippen LogP contribution in [-0.4, -0.2) is 0 Å². The lowest BCUT2D eigenvalue weighted by Gasteiger charge is -2.05. The Morgan fingerprint density at radius 2 is 0.727 bits per heavy atom. The standard InChI is InChI=1S/C36H22O2S6/c1-15-5-7-21(39-15)23-9-11-25(41-23)27-13-19-33(37)29-18(4)32-30(17(3)31(29)35(19)43-27)34(38)20-14-28(44-36(20)32)26-12-10-24(42-26)22-8-6-16(2)40-22/h5-14H,1-4H3. The minimum absolute atomic E-state index is 0.0818. The lowest BCUT2D eigenvalue weighted by Crippen LogP contribution is -2.00. The van der Waals surface area contributed by atoms with Gasteiger partial charge in [0, 0.05) is 90.5 Å². The van der Waals surface area contributed by atoms with Gasteiger partial charge in [-0.05, 0) is 99.5 Å². The summed E-state index contributed by atoms with van der Waals surface area (Å²) in [7, 11) is 0. The fraction of sp³-hybridized carbons (Fsp3) is 0.111. The van der Waals surface area contributed by atoms with Crippen LogP contribution in [0.2, 0.25) is 0 Å². The number of rotatable bonds is 4. The fourth-order valence-electron chi connectivity index (χ4n) is 6.48. The van der Waals surface area contributed by atoms with Crippen LogP contribution in [0.4, 0.5) is 0 Å². The van der Waals surface area contributed by atoms with Crippen molar-refractivity contribution in [1.82, 2.24) is 0 Å². The Kier molecular flexibility index (Phi) is 5.93. The molecule has 2 nitrogen and oxygen atoms in total. The van der Waals surface area contributed by atoms with Crippen LogP contribution in [0.15, 0.2) is 70.3 Å². The molecule has 0 spiro atoms. The van der Waals surface area contributed by atoms with Gasteiger partial charge < -0.3 is 0 Å². The third kappa shape index (κ3) is 3.79. The second-order valence-electron chi connectivity index (χ2n) is 11.3. The molecule has 8 heteroatoms. The Bertz CT molecular complexity index is 2520. The first-order chi connectivity index (χ1) is 21.3. The van der Waals surface area contributed by atoms with Gasteiger partial charge in [-0.2, -0.15) is 0 Å². The number of benzene rings is 1. The van der Waals surface area contributed by atoms with Crippen LogP contribution in [-0.2, 0) is 0 Å². The molecule has 6 heterocycles. The maximum atomic E-state index is 14.0. The molecular formula is C36H22O2S6. The molecule has 0 aliphatic carbocycles. The van der Waals surface area contributed by atoms with Crippen molar-refractivity contribution in [3.8, 4) is 39.0 Å². The molecule has 0 fully saturated rings. The highest BCUT2D eigenvalue weighted by Gasteiger charge is 2.26. The number of hydrogen-bond donors (Lipinski definition) is 0. The van der Waals surface area contributed by atoms with E-state index in [-0.39, 0.29) is 10.9 Å². The molecule has 0 bridgehead atoms. The lowest BCUT2D eigenvalue weighted by molar-refractivity contribution is 1.55. The largest absolute Gasteiger partial charge is 0.289 e. The molecule has 0 amide bonds. The second-order valence-corrected chi connectivity index (χ2v) is 18.1. The topological polar surface area (TPSA) is 34.1 Å². The van der Waals surface area contributed by atoms with Crippen LogP contribution in [0.5, 0.6) is 0 Å². The predicted molar refractivity (Wildman–Crippen MR) is 199 cm³/mol. The molecule has 6 aromatic heterocycles. The molecule has 9 aromatic rings. The highest BCUT2D eigenvalue weighted by Crippen LogP contribution is 2.48. The molecule has 0 aliphatic rings. The van der Waals surface area contributed by atoms with Crippen molar-refractivity contribution in [2.45, 2.75) is 27.7 Å². The summed E-state index contributed by atoms with van der Waals surface area (Å²) in [5.41, 5.74) is 2.03. The zero-order valence-corrected chi connectivity index (χ0v) is 28.9. The van der Waals surface area contributed by atoms with E-state index in [1.54, 1.807) is 68.0 Å². The zero-order chi connectivity index (χ0) is 30.0. The molecule has 0 saturated heterocycles. The van der Waals surface area contributed by atoms with Crippen LogP contribution in [0.25, 0.3) is 80.7 Å². The molecule has 44 heavy (non-hydrogen) atoms. The Balaban J connectivity index is 1.20. The highest BCUT2D eigenvalue weighted by atomic mass is 32.1. The summed E-state index contributed by atoms with van der Waals surface area (Å²) < 4.78 is 2.01. The SMILES string of the molecule is Cc1ccc(-c2ccc(-c3cc4c(=O)c5c(C)c6c(c(C)c5c4s3)c(=O)c3cc(-c4ccc(-c5ccc(C)s5)s4)sc36)s2)s1. The van der Waals surface area contributed by atoms with E-state index < -0.39 is 0 Å². The number of aryl methyl sites for hydroxylation is 4. The average Bonchev–Trinajstić information content (AvgIpc) is 3.83. The van der Waals surface area contributed by atoms with Gasteiger partial charge in [0.15, 0.2) is 10.9 Å². The van der Waals surface area contributed by atoms with Crippen molar-refractivity contribution >= 4 is 110 Å². The van der Waals surface area contributed by atoms with Gasteiger partial charge in [-0.1, -0.05) is 0 Å². The Labute approximate surface area is 276 Å². The molecule has 3 aromatic carbocycles. The number of fused-ring (bicyclic) bond motifs is 6. The molecular weight excluding hydrogens is 657 g/mol. The van der Waals surface area contributed by atoms with E-state index in [0.717, 1.165) is 62.6 Å². The van der Waals surface area contributed by atoms with Gasteiger partial charge in [0.05, 0.1) is 0 Å². The van der Waals surface area contributed by atoms with Gasteiger partial charge in [-0.3, -0.25) is 9.59 Å². The van der Waals surface area contributed by atoms with Crippen molar-refractivity contribution < 1.29 is 0 Å². The Morgan fingerprint density at radius 1 is 0.386 bits per heavy atom.